The lowest BCUT2D eigenvalue weighted by Gasteiger charge is -2.19. The van der Waals surface area contributed by atoms with E-state index < -0.39 is 10.1 Å². The summed E-state index contributed by atoms with van der Waals surface area (Å²) in [7, 11) is -4.69. The largest absolute Gasteiger partial charge is 0.744 e. The average molecular weight is 396 g/mol. The Kier molecular flexibility index (Phi) is 4.27. The van der Waals surface area contributed by atoms with Crippen LogP contribution >= 0.6 is 0 Å². The summed E-state index contributed by atoms with van der Waals surface area (Å²) in [6, 6.07) is 16.4. The molecule has 0 bridgehead atoms. The topological polar surface area (TPSA) is 148 Å². The molecule has 9 heteroatoms. The van der Waals surface area contributed by atoms with Gasteiger partial charge < -0.3 is 14.4 Å². The van der Waals surface area contributed by atoms with Crippen molar-refractivity contribution in [3.63, 3.8) is 0 Å². The number of hydrazine groups is 2. The molecule has 1 aliphatic carbocycles. The zero-order valence-corrected chi connectivity index (χ0v) is 15.3. The molecule has 0 saturated carbocycles. The van der Waals surface area contributed by atoms with Gasteiger partial charge in [-0.05, 0) is 24.3 Å². The summed E-state index contributed by atoms with van der Waals surface area (Å²) < 4.78 is 41.6. The van der Waals surface area contributed by atoms with Gasteiger partial charge >= 0.3 is 0 Å². The Bertz CT molecular complexity index is 1350. The molecule has 6 N–H and O–H groups in total. The van der Waals surface area contributed by atoms with Crippen LogP contribution in [0.5, 0.6) is 0 Å². The van der Waals surface area contributed by atoms with Gasteiger partial charge in [-0.3, -0.25) is 5.84 Å². The van der Waals surface area contributed by atoms with Crippen molar-refractivity contribution in [1.29, 1.82) is 0 Å². The van der Waals surface area contributed by atoms with Crippen LogP contribution in [0.25, 0.3) is 33.4 Å². The highest BCUT2D eigenvalue weighted by Crippen LogP contribution is 2.42. The van der Waals surface area contributed by atoms with Crippen LogP contribution in [0.2, 0.25) is 0 Å². The van der Waals surface area contributed by atoms with Crippen LogP contribution in [0, 0.1) is 0 Å². The van der Waals surface area contributed by atoms with E-state index in [4.69, 9.17) is 16.1 Å². The fraction of sp³-hybridized carbons (Fsp3) is 0. The van der Waals surface area contributed by atoms with Gasteiger partial charge in [0, 0.05) is 34.2 Å². The van der Waals surface area contributed by atoms with Crippen molar-refractivity contribution in [2.45, 2.75) is 4.90 Å². The molecule has 0 saturated heterocycles. The predicted octanol–water partition coefficient (Wildman–Crippen LogP) is 0.249. The molecule has 0 spiro atoms. The van der Waals surface area contributed by atoms with Crippen molar-refractivity contribution in [2.75, 3.05) is 5.43 Å². The van der Waals surface area contributed by atoms with Crippen molar-refractivity contribution < 1.29 is 22.5 Å². The molecule has 0 fully saturated rings. The van der Waals surface area contributed by atoms with E-state index in [0.29, 0.717) is 44.5 Å². The lowest BCUT2D eigenvalue weighted by Crippen LogP contribution is -2.83. The third-order valence-corrected chi connectivity index (χ3v) is 5.38. The molecular weight excluding hydrogens is 380 g/mol. The molecule has 142 valence electrons. The molecule has 0 atom stereocenters. The third kappa shape index (κ3) is 2.97. The summed E-state index contributed by atoms with van der Waals surface area (Å²) in [6.45, 7) is 0. The van der Waals surface area contributed by atoms with Crippen molar-refractivity contribution in [2.24, 2.45) is 11.7 Å². The maximum Gasteiger partial charge on any atom is 0.229 e. The SMILES string of the molecule is NNc1ccc2c(-c3ccccc3S(=O)(=O)[O-])c3cc/c(=[NH+]\N)cc-3oc2c1. The van der Waals surface area contributed by atoms with Gasteiger partial charge in [0.1, 0.15) is 21.5 Å². The van der Waals surface area contributed by atoms with Gasteiger partial charge in [0.05, 0.1) is 16.6 Å². The standard InChI is InChI=1S/C19H16N4O4S/c20-22-11-5-7-13-16(9-11)27-17-10-12(23-21)6-8-14(17)19(13)15-3-1-2-4-18(15)28(24,25)26/h1-10,22H,20-21H2,(H,24,25,26)/b23-12+. The summed E-state index contributed by atoms with van der Waals surface area (Å²) >= 11 is 0. The highest BCUT2D eigenvalue weighted by molar-refractivity contribution is 7.85. The molecular formula is C19H16N4O4S. The normalized spacial score (nSPS) is 12.6. The summed E-state index contributed by atoms with van der Waals surface area (Å²) in [5.74, 6) is 11.4. The number of hydrogen-bond donors (Lipinski definition) is 4. The quantitative estimate of drug-likeness (QED) is 0.168. The number of nitrogens with one attached hydrogen (secondary N) is 2. The first-order valence-electron chi connectivity index (χ1n) is 8.24. The second-order valence-electron chi connectivity index (χ2n) is 6.14. The minimum absolute atomic E-state index is 0.296. The Morgan fingerprint density at radius 2 is 1.79 bits per heavy atom. The van der Waals surface area contributed by atoms with E-state index in [1.807, 2.05) is 0 Å². The van der Waals surface area contributed by atoms with Gasteiger partial charge in [-0.1, -0.05) is 18.2 Å². The van der Waals surface area contributed by atoms with E-state index in [2.05, 4.69) is 10.5 Å². The average Bonchev–Trinajstić information content (AvgIpc) is 2.70. The summed E-state index contributed by atoms with van der Waals surface area (Å²) in [5, 5.41) is 3.79. The Labute approximate surface area is 160 Å². The molecule has 0 unspecified atom stereocenters. The van der Waals surface area contributed by atoms with Gasteiger partial charge in [-0.15, -0.1) is 5.10 Å². The maximum atomic E-state index is 11.9. The van der Waals surface area contributed by atoms with Gasteiger partial charge in [0.15, 0.2) is 0 Å². The van der Waals surface area contributed by atoms with Gasteiger partial charge in [0.25, 0.3) is 0 Å². The van der Waals surface area contributed by atoms with E-state index in [1.165, 1.54) is 12.1 Å². The lowest BCUT2D eigenvalue weighted by molar-refractivity contribution is -0.512. The molecule has 0 radical (unpaired) electrons. The van der Waals surface area contributed by atoms with Crippen molar-refractivity contribution in [1.82, 2.24) is 0 Å². The minimum Gasteiger partial charge on any atom is -0.744 e. The van der Waals surface area contributed by atoms with Crippen molar-refractivity contribution >= 4 is 26.8 Å². The maximum absolute atomic E-state index is 11.9. The number of hydrogen-bond acceptors (Lipinski definition) is 7. The van der Waals surface area contributed by atoms with E-state index in [0.717, 1.165) is 0 Å². The summed E-state index contributed by atoms with van der Waals surface area (Å²) in [6.07, 6.45) is 0. The molecule has 2 aromatic rings. The number of nitrogen functional groups attached to an aromatic ring is 1. The predicted molar refractivity (Wildman–Crippen MR) is 102 cm³/mol. The monoisotopic (exact) mass is 396 g/mol. The molecule has 2 aromatic carbocycles. The Balaban J connectivity index is 2.21. The fourth-order valence-corrected chi connectivity index (χ4v) is 3.94. The second-order valence-corrected chi connectivity index (χ2v) is 7.49. The first-order valence-corrected chi connectivity index (χ1v) is 9.65. The van der Waals surface area contributed by atoms with Crippen LogP contribution in [-0.4, -0.2) is 13.0 Å². The zero-order valence-electron chi connectivity index (χ0n) is 14.5. The van der Waals surface area contributed by atoms with Gasteiger partial charge in [-0.2, -0.15) is 0 Å². The molecule has 8 nitrogen and oxygen atoms in total. The molecule has 1 heterocycles. The Morgan fingerprint density at radius 3 is 2.50 bits per heavy atom. The molecule has 2 aliphatic rings. The van der Waals surface area contributed by atoms with Gasteiger partial charge in [0.2, 0.25) is 5.36 Å². The minimum atomic E-state index is -4.69. The zero-order chi connectivity index (χ0) is 19.9. The smallest absolute Gasteiger partial charge is 0.229 e. The number of fused-ring (bicyclic) bond motifs is 2. The number of benzene rings is 3. The fourth-order valence-electron chi connectivity index (χ4n) is 3.25. The molecule has 0 amide bonds. The molecule has 1 aliphatic heterocycles. The van der Waals surface area contributed by atoms with Crippen LogP contribution < -0.4 is 27.6 Å². The number of anilines is 1. The van der Waals surface area contributed by atoms with Crippen molar-refractivity contribution in [3.8, 4) is 22.5 Å². The van der Waals surface area contributed by atoms with Crippen LogP contribution in [0.3, 0.4) is 0 Å². The number of rotatable bonds is 3. The third-order valence-electron chi connectivity index (χ3n) is 4.48. The van der Waals surface area contributed by atoms with Crippen molar-refractivity contribution in [3.05, 3.63) is 66.0 Å². The van der Waals surface area contributed by atoms with E-state index in [9.17, 15) is 13.0 Å². The van der Waals surface area contributed by atoms with E-state index >= 15 is 0 Å². The van der Waals surface area contributed by atoms with E-state index in [-0.39, 0.29) is 4.90 Å². The number of nitrogens with two attached hydrogens (primary N) is 2. The van der Waals surface area contributed by atoms with Crippen LogP contribution in [0.4, 0.5) is 5.69 Å². The molecule has 4 rings (SSSR count). The van der Waals surface area contributed by atoms with Crippen LogP contribution in [0.1, 0.15) is 0 Å². The Hall–Kier alpha value is -3.40. The second kappa shape index (κ2) is 6.64. The summed E-state index contributed by atoms with van der Waals surface area (Å²) in [4.78, 5) is -0.300. The van der Waals surface area contributed by atoms with Crippen LogP contribution in [0.15, 0.2) is 70.0 Å². The van der Waals surface area contributed by atoms with E-state index in [1.54, 1.807) is 48.5 Å². The van der Waals surface area contributed by atoms with Crippen LogP contribution in [-0.2, 0) is 10.1 Å². The highest BCUT2D eigenvalue weighted by Gasteiger charge is 2.21. The first kappa shape index (κ1) is 18.0. The Morgan fingerprint density at radius 1 is 1.00 bits per heavy atom. The molecule has 0 aromatic heterocycles. The van der Waals surface area contributed by atoms with Gasteiger partial charge in [-0.25, -0.2) is 14.3 Å². The first-order chi connectivity index (χ1) is 13.4. The molecule has 28 heavy (non-hydrogen) atoms. The lowest BCUT2D eigenvalue weighted by atomic mass is 9.93. The highest BCUT2D eigenvalue weighted by atomic mass is 32.2. The summed E-state index contributed by atoms with van der Waals surface area (Å²) in [5.41, 5.74) is 5.12.